The van der Waals surface area contributed by atoms with Crippen molar-refractivity contribution in [3.05, 3.63) is 29.7 Å². The Labute approximate surface area is 99.2 Å². The summed E-state index contributed by atoms with van der Waals surface area (Å²) < 4.78 is 6.63. The lowest BCUT2D eigenvalue weighted by Gasteiger charge is -1.92. The van der Waals surface area contributed by atoms with Crippen molar-refractivity contribution in [1.82, 2.24) is 14.6 Å². The Balaban J connectivity index is 0.000000138. The first-order chi connectivity index (χ1) is 7.77. The Morgan fingerprint density at radius 2 is 2.31 bits per heavy atom. The van der Waals surface area contributed by atoms with E-state index in [1.807, 2.05) is 0 Å². The van der Waals surface area contributed by atoms with Gasteiger partial charge in [-0.3, -0.25) is 0 Å². The molecule has 3 heterocycles. The second kappa shape index (κ2) is 5.27. The van der Waals surface area contributed by atoms with Gasteiger partial charge in [0.2, 0.25) is 0 Å². The Morgan fingerprint density at radius 3 is 2.88 bits per heavy atom. The van der Waals surface area contributed by atoms with Gasteiger partial charge in [0.05, 0.1) is 6.20 Å². The number of halogens is 1. The SMILES string of the molecule is CC1CCOC1.Clc1ccnc2ccnn12. The molecule has 0 radical (unpaired) electrons. The number of ether oxygens (including phenoxy) is 1. The van der Waals surface area contributed by atoms with E-state index in [4.69, 9.17) is 16.3 Å². The Bertz CT molecular complexity index is 451. The van der Waals surface area contributed by atoms with Crippen LogP contribution in [0.15, 0.2) is 24.5 Å². The molecule has 2 aromatic heterocycles. The van der Waals surface area contributed by atoms with Crippen LogP contribution in [0.3, 0.4) is 0 Å². The summed E-state index contributed by atoms with van der Waals surface area (Å²) >= 11 is 5.76. The molecule has 0 spiro atoms. The smallest absolute Gasteiger partial charge is 0.156 e. The molecular weight excluding hydrogens is 226 g/mol. The Kier molecular flexibility index (Phi) is 3.74. The summed E-state index contributed by atoms with van der Waals surface area (Å²) in [6, 6.07) is 3.49. The van der Waals surface area contributed by atoms with Gasteiger partial charge in [0.1, 0.15) is 5.15 Å². The van der Waals surface area contributed by atoms with E-state index in [1.165, 1.54) is 6.42 Å². The van der Waals surface area contributed by atoms with Crippen LogP contribution in [0.2, 0.25) is 5.15 Å². The summed E-state index contributed by atoms with van der Waals surface area (Å²) in [5.74, 6) is 0.824. The number of rotatable bonds is 0. The van der Waals surface area contributed by atoms with Crippen LogP contribution in [-0.2, 0) is 4.74 Å². The number of fused-ring (bicyclic) bond motifs is 1. The van der Waals surface area contributed by atoms with Crippen molar-refractivity contribution in [2.24, 2.45) is 5.92 Å². The van der Waals surface area contributed by atoms with Crippen LogP contribution in [0.1, 0.15) is 13.3 Å². The predicted molar refractivity (Wildman–Crippen MR) is 62.6 cm³/mol. The fourth-order valence-corrected chi connectivity index (χ4v) is 1.64. The van der Waals surface area contributed by atoms with E-state index >= 15 is 0 Å². The zero-order valence-corrected chi connectivity index (χ0v) is 9.89. The maximum absolute atomic E-state index is 5.76. The van der Waals surface area contributed by atoms with Crippen molar-refractivity contribution < 1.29 is 4.74 Å². The first-order valence-electron chi connectivity index (χ1n) is 5.29. The highest BCUT2D eigenvalue weighted by atomic mass is 35.5. The van der Waals surface area contributed by atoms with Gasteiger partial charge in [-0.1, -0.05) is 18.5 Å². The molecule has 0 aromatic carbocycles. The fraction of sp³-hybridized carbons (Fsp3) is 0.455. The third-order valence-electron chi connectivity index (χ3n) is 2.40. The quantitative estimate of drug-likeness (QED) is 0.663. The monoisotopic (exact) mass is 239 g/mol. The number of nitrogens with zero attached hydrogens (tertiary/aromatic N) is 3. The first kappa shape index (κ1) is 11.4. The second-order valence-corrected chi connectivity index (χ2v) is 4.22. The molecule has 0 aliphatic carbocycles. The molecule has 0 amide bonds. The number of aromatic nitrogens is 3. The van der Waals surface area contributed by atoms with Gasteiger partial charge in [-0.25, -0.2) is 9.50 Å². The van der Waals surface area contributed by atoms with E-state index in [0.29, 0.717) is 5.15 Å². The zero-order valence-electron chi connectivity index (χ0n) is 9.14. The molecule has 5 heteroatoms. The van der Waals surface area contributed by atoms with Gasteiger partial charge in [-0.2, -0.15) is 5.10 Å². The van der Waals surface area contributed by atoms with E-state index in [1.54, 1.807) is 29.0 Å². The highest BCUT2D eigenvalue weighted by Crippen LogP contribution is 2.09. The average Bonchev–Trinajstić information content (AvgIpc) is 2.90. The highest BCUT2D eigenvalue weighted by molar-refractivity contribution is 6.29. The van der Waals surface area contributed by atoms with E-state index in [9.17, 15) is 0 Å². The summed E-state index contributed by atoms with van der Waals surface area (Å²) in [7, 11) is 0. The molecule has 1 aliphatic rings. The summed E-state index contributed by atoms with van der Waals surface area (Å²) in [5, 5.41) is 4.52. The molecular formula is C11H14ClN3O. The highest BCUT2D eigenvalue weighted by Gasteiger charge is 2.07. The summed E-state index contributed by atoms with van der Waals surface area (Å²) in [6.45, 7) is 4.19. The maximum Gasteiger partial charge on any atom is 0.156 e. The van der Waals surface area contributed by atoms with Gasteiger partial charge in [0, 0.05) is 25.5 Å². The molecule has 1 fully saturated rings. The van der Waals surface area contributed by atoms with Crippen LogP contribution in [0.5, 0.6) is 0 Å². The van der Waals surface area contributed by atoms with Gasteiger partial charge >= 0.3 is 0 Å². The van der Waals surface area contributed by atoms with Crippen LogP contribution < -0.4 is 0 Å². The van der Waals surface area contributed by atoms with E-state index in [2.05, 4.69) is 17.0 Å². The van der Waals surface area contributed by atoms with Crippen molar-refractivity contribution in [1.29, 1.82) is 0 Å². The van der Waals surface area contributed by atoms with Crippen molar-refractivity contribution in [3.8, 4) is 0 Å². The molecule has 1 atom stereocenters. The third-order valence-corrected chi connectivity index (χ3v) is 2.69. The van der Waals surface area contributed by atoms with E-state index in [0.717, 1.165) is 24.8 Å². The average molecular weight is 240 g/mol. The predicted octanol–water partition coefficient (Wildman–Crippen LogP) is 2.43. The maximum atomic E-state index is 5.76. The standard InChI is InChI=1S/C6H4ClN3.C5H10O/c7-5-1-3-8-6-2-4-9-10(5)6;1-5-2-3-6-4-5/h1-4H;5H,2-4H2,1H3. The molecule has 3 rings (SSSR count). The third kappa shape index (κ3) is 2.71. The molecule has 1 aliphatic heterocycles. The van der Waals surface area contributed by atoms with Crippen LogP contribution in [-0.4, -0.2) is 27.8 Å². The van der Waals surface area contributed by atoms with E-state index < -0.39 is 0 Å². The Hall–Kier alpha value is -1.13. The summed E-state index contributed by atoms with van der Waals surface area (Å²) in [4.78, 5) is 4.02. The molecule has 16 heavy (non-hydrogen) atoms. The van der Waals surface area contributed by atoms with Gasteiger partial charge in [0.15, 0.2) is 5.65 Å². The molecule has 0 saturated carbocycles. The minimum atomic E-state index is 0.579. The topological polar surface area (TPSA) is 39.4 Å². The van der Waals surface area contributed by atoms with Gasteiger partial charge in [-0.05, 0) is 18.4 Å². The van der Waals surface area contributed by atoms with Crippen LogP contribution in [0, 0.1) is 5.92 Å². The lowest BCUT2D eigenvalue weighted by Crippen LogP contribution is -1.89. The molecule has 86 valence electrons. The van der Waals surface area contributed by atoms with Gasteiger partial charge in [0.25, 0.3) is 0 Å². The molecule has 0 bridgehead atoms. The largest absolute Gasteiger partial charge is 0.381 e. The van der Waals surface area contributed by atoms with Gasteiger partial charge in [-0.15, -0.1) is 0 Å². The Morgan fingerprint density at radius 1 is 1.44 bits per heavy atom. The normalized spacial score (nSPS) is 19.5. The zero-order chi connectivity index (χ0) is 11.4. The van der Waals surface area contributed by atoms with Crippen molar-refractivity contribution in [2.45, 2.75) is 13.3 Å². The van der Waals surface area contributed by atoms with Crippen LogP contribution in [0.25, 0.3) is 5.65 Å². The van der Waals surface area contributed by atoms with Gasteiger partial charge < -0.3 is 4.74 Å². The molecule has 2 aromatic rings. The minimum Gasteiger partial charge on any atom is -0.381 e. The lowest BCUT2D eigenvalue weighted by molar-refractivity contribution is 0.188. The second-order valence-electron chi connectivity index (χ2n) is 3.84. The van der Waals surface area contributed by atoms with Crippen molar-refractivity contribution in [2.75, 3.05) is 13.2 Å². The van der Waals surface area contributed by atoms with Crippen LogP contribution >= 0.6 is 11.6 Å². The molecule has 1 saturated heterocycles. The van der Waals surface area contributed by atoms with E-state index in [-0.39, 0.29) is 0 Å². The van der Waals surface area contributed by atoms with Crippen molar-refractivity contribution in [3.63, 3.8) is 0 Å². The fourth-order valence-electron chi connectivity index (χ4n) is 1.46. The molecule has 4 nitrogen and oxygen atoms in total. The van der Waals surface area contributed by atoms with Crippen LogP contribution in [0.4, 0.5) is 0 Å². The summed E-state index contributed by atoms with van der Waals surface area (Å²) in [6.07, 6.45) is 4.58. The van der Waals surface area contributed by atoms with Crippen molar-refractivity contribution >= 4 is 17.2 Å². The number of hydrogen-bond acceptors (Lipinski definition) is 3. The lowest BCUT2D eigenvalue weighted by atomic mass is 10.2. The summed E-state index contributed by atoms with van der Waals surface area (Å²) in [5.41, 5.74) is 0.771. The molecule has 1 unspecified atom stereocenters. The first-order valence-corrected chi connectivity index (χ1v) is 5.67. The molecule has 0 N–H and O–H groups in total. The minimum absolute atomic E-state index is 0.579. The number of hydrogen-bond donors (Lipinski definition) is 0.